The quantitative estimate of drug-likeness (QED) is 0.366. The molecule has 0 bridgehead atoms. The summed E-state index contributed by atoms with van der Waals surface area (Å²) in [5, 5.41) is 12.1. The number of halogens is 3. The summed E-state index contributed by atoms with van der Waals surface area (Å²) < 4.78 is 0.469. The number of nitro groups is 1. The Balaban J connectivity index is 2.17. The molecule has 0 saturated heterocycles. The maximum atomic E-state index is 10.9. The molecule has 0 amide bonds. The molecule has 0 heterocycles. The Morgan fingerprint density at radius 2 is 1.95 bits per heavy atom. The number of rotatable bonds is 4. The maximum Gasteiger partial charge on any atom is 0.283 e. The molecule has 0 aliphatic heterocycles. The summed E-state index contributed by atoms with van der Waals surface area (Å²) in [5.74, 6) is 0.578. The molecule has 7 heteroatoms. The van der Waals surface area contributed by atoms with E-state index < -0.39 is 4.92 Å². The Kier molecular flexibility index (Phi) is 5.32. The Bertz CT molecular complexity index is 667. The zero-order chi connectivity index (χ0) is 14.7. The van der Waals surface area contributed by atoms with Crippen molar-refractivity contribution in [2.24, 2.45) is 0 Å². The molecule has 0 aliphatic rings. The van der Waals surface area contributed by atoms with Crippen LogP contribution in [0.25, 0.3) is 0 Å². The van der Waals surface area contributed by atoms with Crippen molar-refractivity contribution in [3.8, 4) is 0 Å². The first-order chi connectivity index (χ1) is 9.47. The summed E-state index contributed by atoms with van der Waals surface area (Å²) in [6.45, 7) is 0. The molecule has 2 rings (SSSR count). The van der Waals surface area contributed by atoms with Crippen LogP contribution in [0, 0.1) is 10.1 Å². The van der Waals surface area contributed by atoms with Crippen LogP contribution in [0.2, 0.25) is 10.0 Å². The van der Waals surface area contributed by atoms with E-state index in [-0.39, 0.29) is 5.69 Å². The highest BCUT2D eigenvalue weighted by Gasteiger charge is 2.12. The van der Waals surface area contributed by atoms with Gasteiger partial charge in [0.25, 0.3) is 5.69 Å². The lowest BCUT2D eigenvalue weighted by molar-refractivity contribution is -0.385. The molecule has 0 unspecified atom stereocenters. The minimum Gasteiger partial charge on any atom is -0.258 e. The van der Waals surface area contributed by atoms with Gasteiger partial charge in [0, 0.05) is 21.7 Å². The largest absolute Gasteiger partial charge is 0.283 e. The third-order valence-electron chi connectivity index (χ3n) is 2.49. The van der Waals surface area contributed by atoms with Gasteiger partial charge in [-0.05, 0) is 45.8 Å². The number of nitrogens with zero attached hydrogens (tertiary/aromatic N) is 1. The van der Waals surface area contributed by atoms with Gasteiger partial charge in [0.05, 0.1) is 14.4 Å². The van der Waals surface area contributed by atoms with Crippen molar-refractivity contribution in [3.63, 3.8) is 0 Å². The molecule has 0 spiro atoms. The van der Waals surface area contributed by atoms with Crippen LogP contribution >= 0.6 is 50.9 Å². The van der Waals surface area contributed by atoms with Crippen LogP contribution in [0.5, 0.6) is 0 Å². The lowest BCUT2D eigenvalue weighted by Crippen LogP contribution is -1.91. The van der Waals surface area contributed by atoms with Gasteiger partial charge in [-0.15, -0.1) is 11.8 Å². The van der Waals surface area contributed by atoms with E-state index in [4.69, 9.17) is 23.2 Å². The Morgan fingerprint density at radius 3 is 2.65 bits per heavy atom. The molecule has 20 heavy (non-hydrogen) atoms. The zero-order valence-corrected chi connectivity index (χ0v) is 13.9. The van der Waals surface area contributed by atoms with Crippen molar-refractivity contribution in [1.82, 2.24) is 0 Å². The average Bonchev–Trinajstić information content (AvgIpc) is 2.41. The van der Waals surface area contributed by atoms with E-state index in [0.29, 0.717) is 20.3 Å². The number of thioether (sulfide) groups is 1. The minimum atomic E-state index is -0.412. The SMILES string of the molecule is O=[N+]([O-])c1cc(CSc2cc(Cl)ccc2Cl)ccc1Br. The number of hydrogen-bond donors (Lipinski definition) is 0. The lowest BCUT2D eigenvalue weighted by Gasteiger charge is -2.05. The second-order valence-electron chi connectivity index (χ2n) is 3.91. The highest BCUT2D eigenvalue weighted by Crippen LogP contribution is 2.33. The van der Waals surface area contributed by atoms with E-state index in [1.54, 1.807) is 30.3 Å². The van der Waals surface area contributed by atoms with E-state index in [0.717, 1.165) is 10.5 Å². The molecular weight excluding hydrogens is 385 g/mol. The average molecular weight is 393 g/mol. The standard InChI is InChI=1S/C13H8BrCl2NO2S/c14-10-3-1-8(5-12(10)17(18)19)7-20-13-6-9(15)2-4-11(13)16/h1-6H,7H2. The first-order valence-corrected chi connectivity index (χ1v) is 8.01. The number of nitro benzene ring substituents is 1. The first kappa shape index (κ1) is 15.6. The Morgan fingerprint density at radius 1 is 1.20 bits per heavy atom. The van der Waals surface area contributed by atoms with Crippen molar-refractivity contribution in [2.75, 3.05) is 0 Å². The van der Waals surface area contributed by atoms with Crippen LogP contribution < -0.4 is 0 Å². The Labute approximate surface area is 138 Å². The summed E-state index contributed by atoms with van der Waals surface area (Å²) in [6, 6.07) is 10.3. The third kappa shape index (κ3) is 3.88. The molecule has 0 fully saturated rings. The molecule has 0 aliphatic carbocycles. The molecule has 0 N–H and O–H groups in total. The van der Waals surface area contributed by atoms with Gasteiger partial charge in [-0.3, -0.25) is 10.1 Å². The van der Waals surface area contributed by atoms with Crippen LogP contribution in [0.4, 0.5) is 5.69 Å². The predicted octanol–water partition coefficient (Wildman–Crippen LogP) is 5.96. The van der Waals surface area contributed by atoms with E-state index in [2.05, 4.69) is 15.9 Å². The fourth-order valence-corrected chi connectivity index (χ4v) is 3.36. The van der Waals surface area contributed by atoms with Crippen LogP contribution in [-0.4, -0.2) is 4.92 Å². The lowest BCUT2D eigenvalue weighted by atomic mass is 10.2. The number of benzene rings is 2. The predicted molar refractivity (Wildman–Crippen MR) is 86.8 cm³/mol. The fraction of sp³-hybridized carbons (Fsp3) is 0.0769. The molecule has 2 aromatic carbocycles. The summed E-state index contributed by atoms with van der Waals surface area (Å²) in [6.07, 6.45) is 0. The molecule has 0 aromatic heterocycles. The van der Waals surface area contributed by atoms with Crippen LogP contribution in [0.3, 0.4) is 0 Å². The van der Waals surface area contributed by atoms with E-state index in [1.165, 1.54) is 11.8 Å². The van der Waals surface area contributed by atoms with E-state index >= 15 is 0 Å². The van der Waals surface area contributed by atoms with Gasteiger partial charge in [-0.1, -0.05) is 29.3 Å². The van der Waals surface area contributed by atoms with Crippen LogP contribution in [-0.2, 0) is 5.75 Å². The molecule has 104 valence electrons. The number of hydrogen-bond acceptors (Lipinski definition) is 3. The van der Waals surface area contributed by atoms with Gasteiger partial charge in [-0.25, -0.2) is 0 Å². The van der Waals surface area contributed by atoms with Gasteiger partial charge < -0.3 is 0 Å². The van der Waals surface area contributed by atoms with Crippen molar-refractivity contribution in [3.05, 3.63) is 66.6 Å². The van der Waals surface area contributed by atoms with E-state index in [1.807, 2.05) is 6.07 Å². The molecule has 0 atom stereocenters. The maximum absolute atomic E-state index is 10.9. The van der Waals surface area contributed by atoms with Gasteiger partial charge >= 0.3 is 0 Å². The smallest absolute Gasteiger partial charge is 0.258 e. The molecule has 0 saturated carbocycles. The van der Waals surface area contributed by atoms with Crippen molar-refractivity contribution in [1.29, 1.82) is 0 Å². The van der Waals surface area contributed by atoms with Gasteiger partial charge in [-0.2, -0.15) is 0 Å². The highest BCUT2D eigenvalue weighted by atomic mass is 79.9. The third-order valence-corrected chi connectivity index (χ3v) is 4.97. The second-order valence-corrected chi connectivity index (χ2v) is 6.62. The van der Waals surface area contributed by atoms with Gasteiger partial charge in [0.15, 0.2) is 0 Å². The summed E-state index contributed by atoms with van der Waals surface area (Å²) >= 11 is 16.6. The zero-order valence-electron chi connectivity index (χ0n) is 9.98. The molecule has 2 aromatic rings. The minimum absolute atomic E-state index is 0.0558. The van der Waals surface area contributed by atoms with Crippen molar-refractivity contribution in [2.45, 2.75) is 10.6 Å². The summed E-state index contributed by atoms with van der Waals surface area (Å²) in [5.41, 5.74) is 0.904. The molecule has 3 nitrogen and oxygen atoms in total. The molecule has 0 radical (unpaired) electrons. The van der Waals surface area contributed by atoms with Crippen LogP contribution in [0.1, 0.15) is 5.56 Å². The normalized spacial score (nSPS) is 10.6. The fourth-order valence-electron chi connectivity index (χ4n) is 1.54. The Hall–Kier alpha value is -0.750. The van der Waals surface area contributed by atoms with Crippen molar-refractivity contribution < 1.29 is 4.92 Å². The highest BCUT2D eigenvalue weighted by molar-refractivity contribution is 9.10. The second kappa shape index (κ2) is 6.80. The monoisotopic (exact) mass is 391 g/mol. The van der Waals surface area contributed by atoms with E-state index in [9.17, 15) is 10.1 Å². The first-order valence-electron chi connectivity index (χ1n) is 5.48. The molecular formula is C13H8BrCl2NO2S. The van der Waals surface area contributed by atoms with Crippen molar-refractivity contribution >= 4 is 56.6 Å². The van der Waals surface area contributed by atoms with Crippen LogP contribution in [0.15, 0.2) is 45.8 Å². The summed E-state index contributed by atoms with van der Waals surface area (Å²) in [4.78, 5) is 11.3. The topological polar surface area (TPSA) is 43.1 Å². The summed E-state index contributed by atoms with van der Waals surface area (Å²) in [7, 11) is 0. The van der Waals surface area contributed by atoms with Gasteiger partial charge in [0.1, 0.15) is 0 Å². The van der Waals surface area contributed by atoms with Gasteiger partial charge in [0.2, 0.25) is 0 Å².